The van der Waals surface area contributed by atoms with E-state index >= 15 is 0 Å². The standard InChI is InChI=1S/C20H22FN5OS/c1-14-19(15-5-7-16(21)8-6-15)24-20(28-14)23-18(27)13-25-10-2-4-17(25)12-26-11-3-9-22-26/h3,5-9,11,17H,2,4,10,12-13H2,1H3,(H,23,24,27). The number of aryl methyl sites for hydroxylation is 1. The van der Waals surface area contributed by atoms with Crippen molar-refractivity contribution < 1.29 is 9.18 Å². The topological polar surface area (TPSA) is 63.1 Å². The van der Waals surface area contributed by atoms with Gasteiger partial charge in [-0.15, -0.1) is 11.3 Å². The summed E-state index contributed by atoms with van der Waals surface area (Å²) in [5.41, 5.74) is 1.62. The number of hydrogen-bond acceptors (Lipinski definition) is 5. The van der Waals surface area contributed by atoms with E-state index in [0.717, 1.165) is 42.1 Å². The first-order chi connectivity index (χ1) is 13.6. The summed E-state index contributed by atoms with van der Waals surface area (Å²) in [5, 5.41) is 7.76. The molecule has 1 fully saturated rings. The Hall–Kier alpha value is -2.58. The second-order valence-electron chi connectivity index (χ2n) is 6.97. The van der Waals surface area contributed by atoms with Gasteiger partial charge >= 0.3 is 0 Å². The van der Waals surface area contributed by atoms with Crippen LogP contribution in [0.25, 0.3) is 11.3 Å². The monoisotopic (exact) mass is 399 g/mol. The number of hydrogen-bond donors (Lipinski definition) is 1. The Morgan fingerprint density at radius 1 is 1.36 bits per heavy atom. The molecule has 4 rings (SSSR count). The molecule has 1 amide bonds. The van der Waals surface area contributed by atoms with Crippen LogP contribution in [0.15, 0.2) is 42.7 Å². The normalized spacial score (nSPS) is 17.1. The molecule has 1 aliphatic rings. The van der Waals surface area contributed by atoms with Gasteiger partial charge in [-0.25, -0.2) is 9.37 Å². The van der Waals surface area contributed by atoms with E-state index in [1.807, 2.05) is 23.9 Å². The number of halogens is 1. The van der Waals surface area contributed by atoms with Gasteiger partial charge in [-0.05, 0) is 56.6 Å². The van der Waals surface area contributed by atoms with Crippen molar-refractivity contribution in [3.05, 3.63) is 53.4 Å². The fraction of sp³-hybridized carbons (Fsp3) is 0.350. The zero-order chi connectivity index (χ0) is 19.5. The number of nitrogens with one attached hydrogen (secondary N) is 1. The van der Waals surface area contributed by atoms with E-state index < -0.39 is 0 Å². The van der Waals surface area contributed by atoms with Crippen molar-refractivity contribution in [1.29, 1.82) is 0 Å². The van der Waals surface area contributed by atoms with E-state index in [1.54, 1.807) is 18.3 Å². The van der Waals surface area contributed by atoms with E-state index in [1.165, 1.54) is 23.5 Å². The Morgan fingerprint density at radius 3 is 2.93 bits per heavy atom. The summed E-state index contributed by atoms with van der Waals surface area (Å²) >= 11 is 1.43. The number of aromatic nitrogens is 3. The second kappa shape index (κ2) is 8.20. The van der Waals surface area contributed by atoms with E-state index in [4.69, 9.17) is 0 Å². The van der Waals surface area contributed by atoms with Crippen LogP contribution in [0, 0.1) is 12.7 Å². The molecule has 3 heterocycles. The van der Waals surface area contributed by atoms with Crippen molar-refractivity contribution in [2.24, 2.45) is 0 Å². The van der Waals surface area contributed by atoms with Crippen molar-refractivity contribution in [2.45, 2.75) is 32.4 Å². The molecule has 3 aromatic rings. The highest BCUT2D eigenvalue weighted by Gasteiger charge is 2.27. The molecule has 0 spiro atoms. The fourth-order valence-electron chi connectivity index (χ4n) is 3.60. The number of carbonyl (C=O) groups is 1. The maximum Gasteiger partial charge on any atom is 0.240 e. The Morgan fingerprint density at radius 2 is 2.18 bits per heavy atom. The van der Waals surface area contributed by atoms with Crippen molar-refractivity contribution in [3.63, 3.8) is 0 Å². The summed E-state index contributed by atoms with van der Waals surface area (Å²) in [6.45, 7) is 4.01. The van der Waals surface area contributed by atoms with Crippen LogP contribution >= 0.6 is 11.3 Å². The van der Waals surface area contributed by atoms with Gasteiger partial charge in [0.15, 0.2) is 5.13 Å². The van der Waals surface area contributed by atoms with Crippen LogP contribution in [-0.4, -0.2) is 44.7 Å². The molecular weight excluding hydrogens is 377 g/mol. The summed E-state index contributed by atoms with van der Waals surface area (Å²) < 4.78 is 15.1. The SMILES string of the molecule is Cc1sc(NC(=O)CN2CCCC2Cn2cccn2)nc1-c1ccc(F)cc1. The van der Waals surface area contributed by atoms with Gasteiger partial charge in [0.05, 0.1) is 18.8 Å². The molecule has 0 aliphatic carbocycles. The molecule has 1 aliphatic heterocycles. The first-order valence-corrected chi connectivity index (χ1v) is 10.1. The van der Waals surface area contributed by atoms with Crippen molar-refractivity contribution in [2.75, 3.05) is 18.4 Å². The lowest BCUT2D eigenvalue weighted by atomic mass is 10.1. The number of rotatable bonds is 6. The molecule has 6 nitrogen and oxygen atoms in total. The van der Waals surface area contributed by atoms with Gasteiger partial charge in [0.2, 0.25) is 5.91 Å². The van der Waals surface area contributed by atoms with Gasteiger partial charge in [-0.3, -0.25) is 14.4 Å². The molecule has 1 N–H and O–H groups in total. The highest BCUT2D eigenvalue weighted by atomic mass is 32.1. The molecular formula is C20H22FN5OS. The van der Waals surface area contributed by atoms with Gasteiger partial charge in [0.1, 0.15) is 5.82 Å². The highest BCUT2D eigenvalue weighted by Crippen LogP contribution is 2.30. The zero-order valence-electron chi connectivity index (χ0n) is 15.6. The van der Waals surface area contributed by atoms with Gasteiger partial charge in [0.25, 0.3) is 0 Å². The van der Waals surface area contributed by atoms with E-state index in [2.05, 4.69) is 20.3 Å². The van der Waals surface area contributed by atoms with Crippen molar-refractivity contribution in [1.82, 2.24) is 19.7 Å². The maximum atomic E-state index is 13.1. The number of nitrogens with zero attached hydrogens (tertiary/aromatic N) is 4. The minimum Gasteiger partial charge on any atom is -0.301 e. The Bertz CT molecular complexity index is 938. The Kier molecular flexibility index (Phi) is 5.50. The quantitative estimate of drug-likeness (QED) is 0.688. The third-order valence-electron chi connectivity index (χ3n) is 4.96. The Labute approximate surface area is 167 Å². The lowest BCUT2D eigenvalue weighted by Crippen LogP contribution is -2.39. The van der Waals surface area contributed by atoms with Crippen LogP contribution in [0.3, 0.4) is 0 Å². The predicted molar refractivity (Wildman–Crippen MR) is 108 cm³/mol. The average Bonchev–Trinajstić information content (AvgIpc) is 3.40. The number of likely N-dealkylation sites (tertiary alicyclic amines) is 1. The fourth-order valence-corrected chi connectivity index (χ4v) is 4.46. The van der Waals surface area contributed by atoms with Gasteiger partial charge in [-0.1, -0.05) is 0 Å². The third-order valence-corrected chi connectivity index (χ3v) is 5.85. The lowest BCUT2D eigenvalue weighted by Gasteiger charge is -2.23. The molecule has 2 aromatic heterocycles. The number of amides is 1. The maximum absolute atomic E-state index is 13.1. The zero-order valence-corrected chi connectivity index (χ0v) is 16.5. The van der Waals surface area contributed by atoms with Gasteiger partial charge in [0, 0.05) is 28.9 Å². The predicted octanol–water partition coefficient (Wildman–Crippen LogP) is 3.56. The number of benzene rings is 1. The minimum absolute atomic E-state index is 0.0632. The van der Waals surface area contributed by atoms with Crippen molar-refractivity contribution >= 4 is 22.4 Å². The number of carbonyl (C=O) groups excluding carboxylic acids is 1. The largest absolute Gasteiger partial charge is 0.301 e. The molecule has 0 saturated carbocycles. The summed E-state index contributed by atoms with van der Waals surface area (Å²) in [5.74, 6) is -0.341. The molecule has 1 unspecified atom stereocenters. The first-order valence-electron chi connectivity index (χ1n) is 9.33. The van der Waals surface area contributed by atoms with Gasteiger partial charge in [-0.2, -0.15) is 5.10 Å². The molecule has 0 bridgehead atoms. The van der Waals surface area contributed by atoms with E-state index in [9.17, 15) is 9.18 Å². The molecule has 1 atom stereocenters. The van der Waals surface area contributed by atoms with Crippen LogP contribution in [0.4, 0.5) is 9.52 Å². The van der Waals surface area contributed by atoms with Gasteiger partial charge < -0.3 is 5.32 Å². The summed E-state index contributed by atoms with van der Waals surface area (Å²) in [7, 11) is 0. The molecule has 0 radical (unpaired) electrons. The van der Waals surface area contributed by atoms with E-state index in [-0.39, 0.29) is 11.7 Å². The smallest absolute Gasteiger partial charge is 0.240 e. The van der Waals surface area contributed by atoms with Crippen LogP contribution in [0.5, 0.6) is 0 Å². The summed E-state index contributed by atoms with van der Waals surface area (Å²) in [4.78, 5) is 20.3. The average molecular weight is 399 g/mol. The van der Waals surface area contributed by atoms with Crippen LogP contribution < -0.4 is 5.32 Å². The highest BCUT2D eigenvalue weighted by molar-refractivity contribution is 7.16. The summed E-state index contributed by atoms with van der Waals surface area (Å²) in [6.07, 6.45) is 5.88. The number of anilines is 1. The minimum atomic E-state index is -0.277. The summed E-state index contributed by atoms with van der Waals surface area (Å²) in [6, 6.07) is 8.47. The lowest BCUT2D eigenvalue weighted by molar-refractivity contribution is -0.117. The molecule has 8 heteroatoms. The first kappa shape index (κ1) is 18.8. The molecule has 1 aromatic carbocycles. The van der Waals surface area contributed by atoms with Crippen LogP contribution in [0.1, 0.15) is 17.7 Å². The third kappa shape index (κ3) is 4.28. The van der Waals surface area contributed by atoms with E-state index in [0.29, 0.717) is 17.7 Å². The second-order valence-corrected chi connectivity index (χ2v) is 8.18. The Balaban J connectivity index is 1.38. The molecule has 146 valence electrons. The van der Waals surface area contributed by atoms with Crippen LogP contribution in [0.2, 0.25) is 0 Å². The van der Waals surface area contributed by atoms with Crippen LogP contribution in [-0.2, 0) is 11.3 Å². The van der Waals surface area contributed by atoms with Crippen molar-refractivity contribution in [3.8, 4) is 11.3 Å². The number of thiazole rings is 1. The molecule has 28 heavy (non-hydrogen) atoms. The molecule has 1 saturated heterocycles.